The molecule has 0 atom stereocenters. The standard InChI is InChI=1S/C27H31NO4/c1-7-28-23-15-20(18(3)13-22(23)27(4,5)16-25(28)29)21-14-19(10-11-24(21)32-6)9-8-17(2)12-26(30)31/h8-15H,7,16H2,1-6H3,(H,30,31). The minimum atomic E-state index is -0.967. The van der Waals surface area contributed by atoms with Crippen molar-refractivity contribution >= 4 is 23.6 Å². The van der Waals surface area contributed by atoms with E-state index in [2.05, 4.69) is 32.9 Å². The fourth-order valence-electron chi connectivity index (χ4n) is 4.31. The Morgan fingerprint density at radius 2 is 1.94 bits per heavy atom. The number of anilines is 1. The number of carboxylic acids is 1. The van der Waals surface area contributed by atoms with E-state index in [1.54, 1.807) is 20.1 Å². The zero-order valence-corrected chi connectivity index (χ0v) is 19.7. The molecule has 0 fully saturated rings. The first-order chi connectivity index (χ1) is 15.1. The van der Waals surface area contributed by atoms with E-state index in [-0.39, 0.29) is 11.3 Å². The van der Waals surface area contributed by atoms with Crippen molar-refractivity contribution in [3.8, 4) is 16.9 Å². The van der Waals surface area contributed by atoms with Gasteiger partial charge in [0.25, 0.3) is 0 Å². The third-order valence-electron chi connectivity index (χ3n) is 5.98. The lowest BCUT2D eigenvalue weighted by Crippen LogP contribution is -2.41. The quantitative estimate of drug-likeness (QED) is 0.465. The van der Waals surface area contributed by atoms with Crippen molar-refractivity contribution < 1.29 is 19.4 Å². The molecule has 0 spiro atoms. The van der Waals surface area contributed by atoms with Crippen LogP contribution in [0.5, 0.6) is 5.75 Å². The van der Waals surface area contributed by atoms with Gasteiger partial charge in [0.1, 0.15) is 5.75 Å². The third kappa shape index (κ3) is 4.62. The van der Waals surface area contributed by atoms with Gasteiger partial charge in [-0.2, -0.15) is 0 Å². The van der Waals surface area contributed by atoms with Crippen LogP contribution in [0.3, 0.4) is 0 Å². The number of aliphatic carboxylic acids is 1. The average Bonchev–Trinajstić information content (AvgIpc) is 2.71. The third-order valence-corrected chi connectivity index (χ3v) is 5.98. The molecule has 1 aliphatic rings. The van der Waals surface area contributed by atoms with Gasteiger partial charge in [0.15, 0.2) is 0 Å². The first kappa shape index (κ1) is 23.3. The van der Waals surface area contributed by atoms with E-state index < -0.39 is 5.97 Å². The van der Waals surface area contributed by atoms with E-state index >= 15 is 0 Å². The number of aryl methyl sites for hydroxylation is 1. The van der Waals surface area contributed by atoms with Crippen LogP contribution in [0.15, 0.2) is 48.1 Å². The fourth-order valence-corrected chi connectivity index (χ4v) is 4.31. The van der Waals surface area contributed by atoms with Gasteiger partial charge in [-0.3, -0.25) is 4.79 Å². The van der Waals surface area contributed by atoms with E-state index in [4.69, 9.17) is 9.84 Å². The Morgan fingerprint density at radius 3 is 2.56 bits per heavy atom. The highest BCUT2D eigenvalue weighted by Gasteiger charge is 2.36. The molecule has 3 rings (SSSR count). The molecule has 0 saturated heterocycles. The Kier molecular flexibility index (Phi) is 6.58. The van der Waals surface area contributed by atoms with Crippen molar-refractivity contribution in [1.82, 2.24) is 0 Å². The van der Waals surface area contributed by atoms with Crippen LogP contribution in [0.2, 0.25) is 0 Å². The number of carboxylic acid groups (broad SMARTS) is 1. The minimum Gasteiger partial charge on any atom is -0.496 e. The summed E-state index contributed by atoms with van der Waals surface area (Å²) in [5, 5.41) is 8.91. The second kappa shape index (κ2) is 9.03. The predicted molar refractivity (Wildman–Crippen MR) is 129 cm³/mol. The largest absolute Gasteiger partial charge is 0.496 e. The molecule has 1 amide bonds. The summed E-state index contributed by atoms with van der Waals surface area (Å²) in [6, 6.07) is 10.2. The average molecular weight is 434 g/mol. The van der Waals surface area contributed by atoms with Crippen LogP contribution in [-0.2, 0) is 15.0 Å². The number of allylic oxidation sites excluding steroid dienone is 2. The number of methoxy groups -OCH3 is 1. The Labute approximate surface area is 190 Å². The van der Waals surface area contributed by atoms with Gasteiger partial charge in [-0.15, -0.1) is 0 Å². The van der Waals surface area contributed by atoms with Crippen molar-refractivity contribution in [1.29, 1.82) is 0 Å². The molecule has 2 aromatic rings. The summed E-state index contributed by atoms with van der Waals surface area (Å²) in [6.07, 6.45) is 5.34. The topological polar surface area (TPSA) is 66.8 Å². The molecule has 0 radical (unpaired) electrons. The number of carbonyl (C=O) groups is 2. The Morgan fingerprint density at radius 1 is 1.22 bits per heavy atom. The highest BCUT2D eigenvalue weighted by atomic mass is 16.5. The maximum Gasteiger partial charge on any atom is 0.328 e. The molecule has 0 saturated carbocycles. The number of carbonyl (C=O) groups excluding carboxylic acids is 1. The van der Waals surface area contributed by atoms with Crippen LogP contribution in [0, 0.1) is 6.92 Å². The molecule has 2 aromatic carbocycles. The normalized spacial score (nSPS) is 15.8. The molecular formula is C27H31NO4. The summed E-state index contributed by atoms with van der Waals surface area (Å²) < 4.78 is 5.65. The Hall–Kier alpha value is -3.34. The monoisotopic (exact) mass is 433 g/mol. The van der Waals surface area contributed by atoms with E-state index in [0.29, 0.717) is 18.5 Å². The van der Waals surface area contributed by atoms with Gasteiger partial charge < -0.3 is 14.7 Å². The van der Waals surface area contributed by atoms with Crippen LogP contribution in [0.4, 0.5) is 5.69 Å². The number of ether oxygens (including phenoxy) is 1. The molecule has 1 heterocycles. The highest BCUT2D eigenvalue weighted by molar-refractivity contribution is 5.99. The molecule has 0 aromatic heterocycles. The number of rotatable bonds is 6. The van der Waals surface area contributed by atoms with Gasteiger partial charge in [-0.25, -0.2) is 4.79 Å². The molecule has 0 aliphatic carbocycles. The SMILES string of the molecule is CCN1C(=O)CC(C)(C)c2cc(C)c(-c3cc(C=CC(C)=CC(=O)O)ccc3OC)cc21. The second-order valence-electron chi connectivity index (χ2n) is 8.90. The minimum absolute atomic E-state index is 0.143. The summed E-state index contributed by atoms with van der Waals surface area (Å²) >= 11 is 0. The lowest BCUT2D eigenvalue weighted by molar-refractivity contribution is -0.131. The lowest BCUT2D eigenvalue weighted by Gasteiger charge is -2.39. The maximum atomic E-state index is 12.8. The van der Waals surface area contributed by atoms with Crippen LogP contribution < -0.4 is 9.64 Å². The first-order valence-corrected chi connectivity index (χ1v) is 10.8. The number of hydrogen-bond acceptors (Lipinski definition) is 3. The fraction of sp³-hybridized carbons (Fsp3) is 0.333. The second-order valence-corrected chi connectivity index (χ2v) is 8.90. The Balaban J connectivity index is 2.15. The Bertz CT molecular complexity index is 1120. The van der Waals surface area contributed by atoms with Crippen molar-refractivity contribution in [2.45, 2.75) is 46.5 Å². The first-order valence-electron chi connectivity index (χ1n) is 10.8. The van der Waals surface area contributed by atoms with Gasteiger partial charge in [-0.1, -0.05) is 38.1 Å². The van der Waals surface area contributed by atoms with Gasteiger partial charge >= 0.3 is 5.97 Å². The van der Waals surface area contributed by atoms with E-state index in [9.17, 15) is 9.59 Å². The number of hydrogen-bond donors (Lipinski definition) is 1. The smallest absolute Gasteiger partial charge is 0.328 e. The van der Waals surface area contributed by atoms with E-state index in [0.717, 1.165) is 33.7 Å². The predicted octanol–water partition coefficient (Wildman–Crippen LogP) is 5.75. The summed E-state index contributed by atoms with van der Waals surface area (Å²) in [4.78, 5) is 25.5. The number of nitrogens with zero attached hydrogens (tertiary/aromatic N) is 1. The van der Waals surface area contributed by atoms with Crippen LogP contribution in [0.25, 0.3) is 17.2 Å². The molecule has 0 unspecified atom stereocenters. The molecule has 5 heteroatoms. The van der Waals surface area contributed by atoms with E-state index in [1.807, 2.05) is 36.1 Å². The number of benzene rings is 2. The van der Waals surface area contributed by atoms with Crippen LogP contribution in [-0.4, -0.2) is 30.6 Å². The van der Waals surface area contributed by atoms with Crippen molar-refractivity contribution in [3.63, 3.8) is 0 Å². The van der Waals surface area contributed by atoms with Gasteiger partial charge in [0, 0.05) is 35.7 Å². The van der Waals surface area contributed by atoms with Gasteiger partial charge in [0.2, 0.25) is 5.91 Å². The summed E-state index contributed by atoms with van der Waals surface area (Å²) in [6.45, 7) is 10.7. The zero-order chi connectivity index (χ0) is 23.6. The van der Waals surface area contributed by atoms with Gasteiger partial charge in [-0.05, 0) is 66.8 Å². The van der Waals surface area contributed by atoms with Crippen molar-refractivity contribution in [3.05, 3.63) is 64.7 Å². The highest BCUT2D eigenvalue weighted by Crippen LogP contribution is 2.44. The zero-order valence-electron chi connectivity index (χ0n) is 19.7. The van der Waals surface area contributed by atoms with Gasteiger partial charge in [0.05, 0.1) is 7.11 Å². The molecule has 5 nitrogen and oxygen atoms in total. The molecule has 168 valence electrons. The molecule has 32 heavy (non-hydrogen) atoms. The summed E-state index contributed by atoms with van der Waals surface area (Å²) in [5.41, 5.74) is 6.56. The number of fused-ring (bicyclic) bond motifs is 1. The summed E-state index contributed by atoms with van der Waals surface area (Å²) in [5.74, 6) is -0.0817. The van der Waals surface area contributed by atoms with Crippen molar-refractivity contribution in [2.75, 3.05) is 18.6 Å². The molecule has 1 N–H and O–H groups in total. The van der Waals surface area contributed by atoms with Crippen molar-refractivity contribution in [2.24, 2.45) is 0 Å². The lowest BCUT2D eigenvalue weighted by atomic mass is 9.75. The summed E-state index contributed by atoms with van der Waals surface area (Å²) in [7, 11) is 1.65. The maximum absolute atomic E-state index is 12.8. The molecule has 1 aliphatic heterocycles. The van der Waals surface area contributed by atoms with E-state index in [1.165, 1.54) is 11.6 Å². The van der Waals surface area contributed by atoms with Crippen LogP contribution in [0.1, 0.15) is 50.8 Å². The number of amides is 1. The van der Waals surface area contributed by atoms with Crippen LogP contribution >= 0.6 is 0 Å². The molecule has 0 bridgehead atoms. The molecular weight excluding hydrogens is 402 g/mol.